The molecule has 0 aliphatic carbocycles. The molecule has 1 aliphatic heterocycles. The fourth-order valence-electron chi connectivity index (χ4n) is 1.11. The normalized spacial score (nSPS) is 23.9. The van der Waals surface area contributed by atoms with Gasteiger partial charge in [0.15, 0.2) is 0 Å². The lowest BCUT2D eigenvalue weighted by molar-refractivity contribution is 0.604. The molecule has 1 heterocycles. The molecule has 0 N–H and O–H groups in total. The van der Waals surface area contributed by atoms with Crippen LogP contribution in [-0.4, -0.2) is 17.3 Å². The highest BCUT2D eigenvalue weighted by Crippen LogP contribution is 2.16. The van der Waals surface area contributed by atoms with Crippen molar-refractivity contribution in [3.05, 3.63) is 0 Å². The first-order chi connectivity index (χ1) is 4.93. The molecule has 10 heavy (non-hydrogen) atoms. The van der Waals surface area contributed by atoms with E-state index < -0.39 is 0 Å². The van der Waals surface area contributed by atoms with Gasteiger partial charge in [0.2, 0.25) is 0 Å². The van der Waals surface area contributed by atoms with E-state index >= 15 is 0 Å². The number of nitrogens with zero attached hydrogens (tertiary/aromatic N) is 1. The SMILES string of the molecule is CCCCCC1CSC=N1. The maximum absolute atomic E-state index is 4.35. The van der Waals surface area contributed by atoms with Gasteiger partial charge in [-0.05, 0) is 6.42 Å². The van der Waals surface area contributed by atoms with Gasteiger partial charge in [0.1, 0.15) is 0 Å². The Morgan fingerprint density at radius 1 is 1.60 bits per heavy atom. The van der Waals surface area contributed by atoms with E-state index in [1.165, 1.54) is 31.4 Å². The van der Waals surface area contributed by atoms with Crippen LogP contribution < -0.4 is 0 Å². The number of hydrogen-bond donors (Lipinski definition) is 0. The molecule has 0 fully saturated rings. The highest BCUT2D eigenvalue weighted by atomic mass is 32.2. The molecule has 1 nitrogen and oxygen atoms in total. The van der Waals surface area contributed by atoms with Gasteiger partial charge in [0.05, 0.1) is 11.6 Å². The first-order valence-corrected chi connectivity index (χ1v) is 5.11. The molecular formula is C8H15NS. The van der Waals surface area contributed by atoms with Gasteiger partial charge in [0, 0.05) is 5.75 Å². The van der Waals surface area contributed by atoms with E-state index in [1.807, 2.05) is 17.3 Å². The van der Waals surface area contributed by atoms with Crippen molar-refractivity contribution >= 4 is 17.3 Å². The Labute approximate surface area is 67.3 Å². The maximum Gasteiger partial charge on any atom is 0.0600 e. The Hall–Kier alpha value is 0.0200. The third kappa shape index (κ3) is 2.74. The molecule has 0 saturated heterocycles. The molecule has 1 aliphatic rings. The fourth-order valence-corrected chi connectivity index (χ4v) is 1.93. The largest absolute Gasteiger partial charge is 0.282 e. The van der Waals surface area contributed by atoms with Crippen LogP contribution in [0.25, 0.3) is 0 Å². The van der Waals surface area contributed by atoms with Crippen molar-refractivity contribution < 1.29 is 0 Å². The van der Waals surface area contributed by atoms with Gasteiger partial charge in [-0.3, -0.25) is 4.99 Å². The molecule has 0 bridgehead atoms. The molecule has 1 atom stereocenters. The Bertz CT molecular complexity index is 112. The summed E-state index contributed by atoms with van der Waals surface area (Å²) < 4.78 is 0. The molecule has 58 valence electrons. The molecule has 0 radical (unpaired) electrons. The van der Waals surface area contributed by atoms with Crippen molar-refractivity contribution in [2.75, 3.05) is 5.75 Å². The van der Waals surface area contributed by atoms with Crippen LogP contribution in [-0.2, 0) is 0 Å². The number of rotatable bonds is 4. The van der Waals surface area contributed by atoms with Crippen molar-refractivity contribution in [1.29, 1.82) is 0 Å². The summed E-state index contributed by atoms with van der Waals surface area (Å²) in [5.74, 6) is 1.23. The summed E-state index contributed by atoms with van der Waals surface area (Å²) >= 11 is 1.85. The van der Waals surface area contributed by atoms with Crippen molar-refractivity contribution in [2.24, 2.45) is 4.99 Å². The smallest absolute Gasteiger partial charge is 0.0600 e. The molecule has 0 aromatic rings. The van der Waals surface area contributed by atoms with Crippen molar-refractivity contribution in [1.82, 2.24) is 0 Å². The van der Waals surface area contributed by atoms with Crippen molar-refractivity contribution in [3.63, 3.8) is 0 Å². The highest BCUT2D eigenvalue weighted by molar-refractivity contribution is 8.12. The number of hydrogen-bond acceptors (Lipinski definition) is 2. The van der Waals surface area contributed by atoms with Gasteiger partial charge in [-0.25, -0.2) is 0 Å². The van der Waals surface area contributed by atoms with Gasteiger partial charge < -0.3 is 0 Å². The lowest BCUT2D eigenvalue weighted by Crippen LogP contribution is -2.02. The summed E-state index contributed by atoms with van der Waals surface area (Å²) in [6.07, 6.45) is 5.36. The summed E-state index contributed by atoms with van der Waals surface area (Å²) in [7, 11) is 0. The summed E-state index contributed by atoms with van der Waals surface area (Å²) in [5.41, 5.74) is 2.00. The predicted octanol–water partition coefficient (Wildman–Crippen LogP) is 2.71. The molecule has 2 heteroatoms. The maximum atomic E-state index is 4.35. The van der Waals surface area contributed by atoms with Gasteiger partial charge >= 0.3 is 0 Å². The fraction of sp³-hybridized carbons (Fsp3) is 0.875. The monoisotopic (exact) mass is 157 g/mol. The quantitative estimate of drug-likeness (QED) is 0.571. The van der Waals surface area contributed by atoms with Gasteiger partial charge in [-0.15, -0.1) is 11.8 Å². The van der Waals surface area contributed by atoms with E-state index in [0.29, 0.717) is 6.04 Å². The highest BCUT2D eigenvalue weighted by Gasteiger charge is 2.09. The molecule has 0 aromatic heterocycles. The number of thioether (sulfide) groups is 1. The van der Waals surface area contributed by atoms with Gasteiger partial charge in [-0.2, -0.15) is 0 Å². The minimum absolute atomic E-state index is 0.650. The average molecular weight is 157 g/mol. The second-order valence-electron chi connectivity index (χ2n) is 2.74. The summed E-state index contributed by atoms with van der Waals surface area (Å²) in [4.78, 5) is 4.35. The van der Waals surface area contributed by atoms with Crippen LogP contribution >= 0.6 is 11.8 Å². The molecule has 1 unspecified atom stereocenters. The topological polar surface area (TPSA) is 12.4 Å². The first-order valence-electron chi connectivity index (χ1n) is 4.06. The Kier molecular flexibility index (Phi) is 3.88. The summed E-state index contributed by atoms with van der Waals surface area (Å²) in [6, 6.07) is 0.650. The zero-order valence-electron chi connectivity index (χ0n) is 6.55. The second-order valence-corrected chi connectivity index (χ2v) is 3.61. The van der Waals surface area contributed by atoms with E-state index in [-0.39, 0.29) is 0 Å². The third-order valence-corrected chi connectivity index (χ3v) is 2.62. The molecular weight excluding hydrogens is 142 g/mol. The number of aliphatic imine (C=N–C) groups is 1. The van der Waals surface area contributed by atoms with Crippen LogP contribution in [0.15, 0.2) is 4.99 Å². The Morgan fingerprint density at radius 2 is 2.50 bits per heavy atom. The molecule has 0 spiro atoms. The summed E-state index contributed by atoms with van der Waals surface area (Å²) in [6.45, 7) is 2.24. The predicted molar refractivity (Wildman–Crippen MR) is 48.9 cm³/mol. The van der Waals surface area contributed by atoms with Crippen LogP contribution in [0.3, 0.4) is 0 Å². The Morgan fingerprint density at radius 3 is 3.10 bits per heavy atom. The van der Waals surface area contributed by atoms with Crippen LogP contribution in [0.4, 0.5) is 0 Å². The Balaban J connectivity index is 1.97. The third-order valence-electron chi connectivity index (χ3n) is 1.78. The van der Waals surface area contributed by atoms with E-state index in [9.17, 15) is 0 Å². The number of unbranched alkanes of at least 4 members (excludes halogenated alkanes) is 2. The lowest BCUT2D eigenvalue weighted by Gasteiger charge is -2.03. The van der Waals surface area contributed by atoms with Crippen LogP contribution in [0, 0.1) is 0 Å². The van der Waals surface area contributed by atoms with E-state index in [1.54, 1.807) is 0 Å². The second kappa shape index (κ2) is 4.78. The molecule has 1 rings (SSSR count). The minimum Gasteiger partial charge on any atom is -0.282 e. The van der Waals surface area contributed by atoms with Crippen LogP contribution in [0.1, 0.15) is 32.6 Å². The van der Waals surface area contributed by atoms with E-state index in [2.05, 4.69) is 11.9 Å². The zero-order chi connectivity index (χ0) is 7.23. The van der Waals surface area contributed by atoms with Crippen LogP contribution in [0.2, 0.25) is 0 Å². The van der Waals surface area contributed by atoms with Crippen molar-refractivity contribution in [3.8, 4) is 0 Å². The molecule has 0 saturated carbocycles. The summed E-state index contributed by atoms with van der Waals surface area (Å²) in [5, 5.41) is 0. The van der Waals surface area contributed by atoms with E-state index in [4.69, 9.17) is 0 Å². The van der Waals surface area contributed by atoms with E-state index in [0.717, 1.165) is 0 Å². The van der Waals surface area contributed by atoms with Gasteiger partial charge in [0.25, 0.3) is 0 Å². The van der Waals surface area contributed by atoms with Gasteiger partial charge in [-0.1, -0.05) is 26.2 Å². The first kappa shape index (κ1) is 8.12. The standard InChI is InChI=1S/C8H15NS/c1-2-3-4-5-8-6-10-7-9-8/h7-8H,2-6H2,1H3. The zero-order valence-corrected chi connectivity index (χ0v) is 7.36. The molecule has 0 amide bonds. The lowest BCUT2D eigenvalue weighted by atomic mass is 10.1. The average Bonchev–Trinajstić information content (AvgIpc) is 2.41. The van der Waals surface area contributed by atoms with Crippen LogP contribution in [0.5, 0.6) is 0 Å². The van der Waals surface area contributed by atoms with Crippen molar-refractivity contribution in [2.45, 2.75) is 38.6 Å². The molecule has 0 aromatic carbocycles. The minimum atomic E-state index is 0.650.